The smallest absolute Gasteiger partial charge is 0.184 e. The molecule has 100 valence electrons. The van der Waals surface area contributed by atoms with Gasteiger partial charge in [-0.3, -0.25) is 0 Å². The molecule has 0 saturated heterocycles. The second-order valence-corrected chi connectivity index (χ2v) is 5.27. The molecule has 19 heavy (non-hydrogen) atoms. The fraction of sp³-hybridized carbons (Fsp3) is 0.462. The number of nitrogen functional groups attached to an aromatic ring is 2. The fourth-order valence-corrected chi connectivity index (χ4v) is 2.87. The Hall–Kier alpha value is -2.11. The molecule has 0 spiro atoms. The van der Waals surface area contributed by atoms with E-state index in [9.17, 15) is 0 Å². The Bertz CT molecular complexity index is 591. The minimum Gasteiger partial charge on any atom is -0.399 e. The molecule has 0 bridgehead atoms. The fourth-order valence-electron chi connectivity index (χ4n) is 2.87. The first-order valence-electron chi connectivity index (χ1n) is 6.60. The summed E-state index contributed by atoms with van der Waals surface area (Å²) >= 11 is 0. The second-order valence-electron chi connectivity index (χ2n) is 5.27. The maximum Gasteiger partial charge on any atom is 0.184 e. The van der Waals surface area contributed by atoms with E-state index in [1.54, 1.807) is 6.07 Å². The van der Waals surface area contributed by atoms with E-state index in [0.29, 0.717) is 23.3 Å². The van der Waals surface area contributed by atoms with E-state index >= 15 is 0 Å². The number of hydrogen-bond donors (Lipinski definition) is 2. The summed E-state index contributed by atoms with van der Waals surface area (Å²) in [5.41, 5.74) is 13.9. The molecular formula is C13H18N6. The van der Waals surface area contributed by atoms with Crippen molar-refractivity contribution in [1.82, 2.24) is 20.2 Å². The Morgan fingerprint density at radius 2 is 2.11 bits per heavy atom. The van der Waals surface area contributed by atoms with Crippen LogP contribution in [0.3, 0.4) is 0 Å². The lowest BCUT2D eigenvalue weighted by atomic mass is 10.1. The first-order chi connectivity index (χ1) is 9.16. The summed E-state index contributed by atoms with van der Waals surface area (Å²) in [5, 5.41) is 12.1. The van der Waals surface area contributed by atoms with E-state index in [2.05, 4.69) is 22.4 Å². The van der Waals surface area contributed by atoms with E-state index in [1.165, 1.54) is 12.8 Å². The highest BCUT2D eigenvalue weighted by molar-refractivity contribution is 5.74. The molecule has 6 nitrogen and oxygen atoms in total. The van der Waals surface area contributed by atoms with Crippen LogP contribution in [0.25, 0.3) is 11.4 Å². The Morgan fingerprint density at radius 1 is 1.26 bits per heavy atom. The zero-order valence-electron chi connectivity index (χ0n) is 11.0. The summed E-state index contributed by atoms with van der Waals surface area (Å²) in [4.78, 5) is 0. The zero-order valence-corrected chi connectivity index (χ0v) is 11.0. The average Bonchev–Trinajstić information content (AvgIpc) is 2.97. The predicted molar refractivity (Wildman–Crippen MR) is 74.1 cm³/mol. The topological polar surface area (TPSA) is 95.6 Å². The van der Waals surface area contributed by atoms with E-state index in [0.717, 1.165) is 17.8 Å². The molecule has 1 aliphatic carbocycles. The number of rotatable bonds is 2. The molecule has 0 radical (unpaired) electrons. The van der Waals surface area contributed by atoms with Crippen molar-refractivity contribution in [3.05, 3.63) is 18.2 Å². The third kappa shape index (κ3) is 2.03. The van der Waals surface area contributed by atoms with Crippen LogP contribution in [-0.2, 0) is 0 Å². The summed E-state index contributed by atoms with van der Waals surface area (Å²) in [6.45, 7) is 2.25. The van der Waals surface area contributed by atoms with Gasteiger partial charge in [-0.15, -0.1) is 5.10 Å². The normalized spacial score (nSPS) is 22.8. The number of tetrazole rings is 1. The monoisotopic (exact) mass is 258 g/mol. The SMILES string of the molecule is CC1CCCC1n1nnnc1-c1ccc(N)cc1N. The molecule has 2 aromatic rings. The van der Waals surface area contributed by atoms with Crippen LogP contribution >= 0.6 is 0 Å². The number of aromatic nitrogens is 4. The van der Waals surface area contributed by atoms with E-state index in [1.807, 2.05) is 16.8 Å². The summed E-state index contributed by atoms with van der Waals surface area (Å²) in [6, 6.07) is 5.81. The van der Waals surface area contributed by atoms with Gasteiger partial charge >= 0.3 is 0 Å². The molecule has 1 heterocycles. The lowest BCUT2D eigenvalue weighted by Crippen LogP contribution is -2.15. The standard InChI is InChI=1S/C13H18N6/c1-8-3-2-4-12(8)19-13(16-17-18-19)10-6-5-9(14)7-11(10)15/h5-8,12H,2-4,14-15H2,1H3. The number of nitrogens with two attached hydrogens (primary N) is 2. The van der Waals surface area contributed by atoms with Crippen molar-refractivity contribution in [3.63, 3.8) is 0 Å². The predicted octanol–water partition coefficient (Wildman–Crippen LogP) is 1.87. The van der Waals surface area contributed by atoms with Crippen LogP contribution in [0.15, 0.2) is 18.2 Å². The van der Waals surface area contributed by atoms with E-state index in [4.69, 9.17) is 11.5 Å². The molecular weight excluding hydrogens is 240 g/mol. The summed E-state index contributed by atoms with van der Waals surface area (Å²) in [7, 11) is 0. The minimum atomic E-state index is 0.363. The van der Waals surface area contributed by atoms with Crippen LogP contribution in [0.5, 0.6) is 0 Å². The Balaban J connectivity index is 2.04. The number of benzene rings is 1. The number of nitrogens with zero attached hydrogens (tertiary/aromatic N) is 4. The number of anilines is 2. The maximum atomic E-state index is 6.03. The van der Waals surface area contributed by atoms with E-state index in [-0.39, 0.29) is 0 Å². The van der Waals surface area contributed by atoms with Gasteiger partial charge in [-0.25, -0.2) is 4.68 Å². The molecule has 0 aliphatic heterocycles. The third-order valence-corrected chi connectivity index (χ3v) is 3.94. The van der Waals surface area contributed by atoms with Gasteiger partial charge in [-0.1, -0.05) is 13.3 Å². The van der Waals surface area contributed by atoms with Crippen molar-refractivity contribution in [1.29, 1.82) is 0 Å². The highest BCUT2D eigenvalue weighted by Gasteiger charge is 2.28. The minimum absolute atomic E-state index is 0.363. The van der Waals surface area contributed by atoms with Crippen LogP contribution in [-0.4, -0.2) is 20.2 Å². The van der Waals surface area contributed by atoms with Gasteiger partial charge in [0, 0.05) is 16.9 Å². The quantitative estimate of drug-likeness (QED) is 0.802. The van der Waals surface area contributed by atoms with Crippen molar-refractivity contribution < 1.29 is 0 Å². The van der Waals surface area contributed by atoms with Gasteiger partial charge in [0.05, 0.1) is 6.04 Å². The largest absolute Gasteiger partial charge is 0.399 e. The molecule has 6 heteroatoms. The van der Waals surface area contributed by atoms with Crippen molar-refractivity contribution in [2.24, 2.45) is 5.92 Å². The Morgan fingerprint density at radius 3 is 2.79 bits per heavy atom. The molecule has 2 unspecified atom stereocenters. The van der Waals surface area contributed by atoms with Crippen LogP contribution < -0.4 is 11.5 Å². The molecule has 4 N–H and O–H groups in total. The van der Waals surface area contributed by atoms with Crippen molar-refractivity contribution in [3.8, 4) is 11.4 Å². The van der Waals surface area contributed by atoms with Gasteiger partial charge in [-0.05, 0) is 47.4 Å². The highest BCUT2D eigenvalue weighted by atomic mass is 15.6. The molecule has 0 amide bonds. The molecule has 1 fully saturated rings. The Labute approximate surface area is 111 Å². The summed E-state index contributed by atoms with van der Waals surface area (Å²) in [6.07, 6.45) is 3.57. The lowest BCUT2D eigenvalue weighted by Gasteiger charge is -2.17. The van der Waals surface area contributed by atoms with Crippen molar-refractivity contribution >= 4 is 11.4 Å². The molecule has 2 atom stereocenters. The zero-order chi connectivity index (χ0) is 13.4. The van der Waals surface area contributed by atoms with Crippen LogP contribution in [0.1, 0.15) is 32.2 Å². The van der Waals surface area contributed by atoms with Crippen LogP contribution in [0.4, 0.5) is 11.4 Å². The first kappa shape index (κ1) is 12.0. The van der Waals surface area contributed by atoms with Crippen molar-refractivity contribution in [2.75, 3.05) is 11.5 Å². The molecule has 1 aromatic carbocycles. The highest BCUT2D eigenvalue weighted by Crippen LogP contribution is 2.37. The molecule has 3 rings (SSSR count). The third-order valence-electron chi connectivity index (χ3n) is 3.94. The van der Waals surface area contributed by atoms with Gasteiger partial charge in [0.25, 0.3) is 0 Å². The van der Waals surface area contributed by atoms with Gasteiger partial charge in [0.15, 0.2) is 5.82 Å². The van der Waals surface area contributed by atoms with E-state index < -0.39 is 0 Å². The molecule has 1 saturated carbocycles. The van der Waals surface area contributed by atoms with Crippen LogP contribution in [0.2, 0.25) is 0 Å². The number of hydrogen-bond acceptors (Lipinski definition) is 5. The van der Waals surface area contributed by atoms with Crippen LogP contribution in [0, 0.1) is 5.92 Å². The molecule has 1 aromatic heterocycles. The summed E-state index contributed by atoms with van der Waals surface area (Å²) < 4.78 is 1.92. The van der Waals surface area contributed by atoms with Gasteiger partial charge < -0.3 is 11.5 Å². The second kappa shape index (κ2) is 4.53. The lowest BCUT2D eigenvalue weighted by molar-refractivity contribution is 0.370. The maximum absolute atomic E-state index is 6.03. The van der Waals surface area contributed by atoms with Gasteiger partial charge in [0.2, 0.25) is 0 Å². The van der Waals surface area contributed by atoms with Gasteiger partial charge in [-0.2, -0.15) is 0 Å². The summed E-state index contributed by atoms with van der Waals surface area (Å²) in [5.74, 6) is 1.33. The van der Waals surface area contributed by atoms with Crippen molar-refractivity contribution in [2.45, 2.75) is 32.2 Å². The molecule has 1 aliphatic rings. The average molecular weight is 258 g/mol. The first-order valence-corrected chi connectivity index (χ1v) is 6.60. The van der Waals surface area contributed by atoms with Gasteiger partial charge in [0.1, 0.15) is 0 Å². The Kier molecular flexibility index (Phi) is 2.85.